The molecule has 0 atom stereocenters. The number of hydrogen-bond donors (Lipinski definition) is 1. The summed E-state index contributed by atoms with van der Waals surface area (Å²) < 4.78 is 43.3. The summed E-state index contributed by atoms with van der Waals surface area (Å²) in [5.74, 6) is 1.44. The molecule has 0 amide bonds. The normalized spacial score (nSPS) is 16.0. The number of hydrogen-bond acceptors (Lipinski definition) is 4. The molecule has 3 rings (SSSR count). The van der Waals surface area contributed by atoms with E-state index in [0.717, 1.165) is 49.4 Å². The Labute approximate surface area is 150 Å². The van der Waals surface area contributed by atoms with Gasteiger partial charge in [0.05, 0.1) is 18.4 Å². The Kier molecular flexibility index (Phi) is 5.66. The first kappa shape index (κ1) is 18.5. The zero-order valence-corrected chi connectivity index (χ0v) is 14.2. The summed E-state index contributed by atoms with van der Waals surface area (Å²) in [6.45, 7) is 2.65. The molecule has 1 saturated heterocycles. The Bertz CT molecular complexity index is 694. The number of aromatic hydroxyl groups is 1. The third-order valence-electron chi connectivity index (χ3n) is 4.57. The molecule has 1 aliphatic rings. The summed E-state index contributed by atoms with van der Waals surface area (Å²) in [5, 5.41) is 9.29. The first-order chi connectivity index (χ1) is 12.4. The van der Waals surface area contributed by atoms with Crippen molar-refractivity contribution in [3.63, 3.8) is 0 Å². The van der Waals surface area contributed by atoms with Crippen molar-refractivity contribution in [1.29, 1.82) is 0 Å². The minimum absolute atomic E-state index is 0.153. The number of alkyl halides is 3. The SMILES string of the molecule is Oc1ccc(N2CCC(COCc3ccc(C(F)(F)F)cc3)CC2)nc1. The monoisotopic (exact) mass is 366 g/mol. The Hall–Kier alpha value is -2.28. The molecule has 140 valence electrons. The Balaban J connectivity index is 1.40. The number of benzene rings is 1. The van der Waals surface area contributed by atoms with E-state index in [9.17, 15) is 18.3 Å². The van der Waals surface area contributed by atoms with Gasteiger partial charge in [0.1, 0.15) is 11.6 Å². The van der Waals surface area contributed by atoms with E-state index in [1.54, 1.807) is 12.1 Å². The van der Waals surface area contributed by atoms with Crippen molar-refractivity contribution in [2.45, 2.75) is 25.6 Å². The highest BCUT2D eigenvalue weighted by Crippen LogP contribution is 2.29. The molecule has 2 aromatic rings. The van der Waals surface area contributed by atoms with Gasteiger partial charge in [0, 0.05) is 19.7 Å². The highest BCUT2D eigenvalue weighted by atomic mass is 19.4. The standard InChI is InChI=1S/C19H21F3N2O2/c20-19(21,22)16-3-1-14(2-4-16)12-26-13-15-7-9-24(10-8-15)18-6-5-17(25)11-23-18/h1-6,11,15,25H,7-10,12-13H2. The molecule has 4 nitrogen and oxygen atoms in total. The van der Waals surface area contributed by atoms with Gasteiger partial charge in [-0.25, -0.2) is 4.98 Å². The fourth-order valence-electron chi connectivity index (χ4n) is 3.03. The van der Waals surface area contributed by atoms with Crippen LogP contribution < -0.4 is 4.90 Å². The number of ether oxygens (including phenoxy) is 1. The lowest BCUT2D eigenvalue weighted by atomic mass is 9.98. The van der Waals surface area contributed by atoms with Gasteiger partial charge in [-0.2, -0.15) is 13.2 Å². The van der Waals surface area contributed by atoms with Crippen LogP contribution in [0.1, 0.15) is 24.0 Å². The van der Waals surface area contributed by atoms with E-state index in [4.69, 9.17) is 4.74 Å². The second-order valence-electron chi connectivity index (χ2n) is 6.51. The van der Waals surface area contributed by atoms with Crippen molar-refractivity contribution >= 4 is 5.82 Å². The van der Waals surface area contributed by atoms with Gasteiger partial charge < -0.3 is 14.7 Å². The van der Waals surface area contributed by atoms with E-state index in [-0.39, 0.29) is 5.75 Å². The van der Waals surface area contributed by atoms with Crippen molar-refractivity contribution in [3.8, 4) is 5.75 Å². The van der Waals surface area contributed by atoms with Crippen LogP contribution in [0.25, 0.3) is 0 Å². The number of pyridine rings is 1. The minimum atomic E-state index is -4.31. The Morgan fingerprint density at radius 3 is 2.35 bits per heavy atom. The molecular weight excluding hydrogens is 345 g/mol. The zero-order valence-electron chi connectivity index (χ0n) is 14.2. The Morgan fingerprint density at radius 2 is 1.77 bits per heavy atom. The van der Waals surface area contributed by atoms with E-state index < -0.39 is 11.7 Å². The topological polar surface area (TPSA) is 45.6 Å². The van der Waals surface area contributed by atoms with Crippen LogP contribution in [0.5, 0.6) is 5.75 Å². The lowest BCUT2D eigenvalue weighted by Gasteiger charge is -2.32. The van der Waals surface area contributed by atoms with Gasteiger partial charge in [-0.1, -0.05) is 12.1 Å². The second kappa shape index (κ2) is 7.95. The van der Waals surface area contributed by atoms with Crippen molar-refractivity contribution in [2.24, 2.45) is 5.92 Å². The van der Waals surface area contributed by atoms with E-state index in [0.29, 0.717) is 19.1 Å². The third kappa shape index (κ3) is 4.88. The molecule has 1 aromatic carbocycles. The van der Waals surface area contributed by atoms with Gasteiger partial charge in [-0.05, 0) is 48.6 Å². The quantitative estimate of drug-likeness (QED) is 0.860. The molecule has 2 heterocycles. The summed E-state index contributed by atoms with van der Waals surface area (Å²) in [6.07, 6.45) is -0.931. The summed E-state index contributed by atoms with van der Waals surface area (Å²) in [6, 6.07) is 8.52. The number of halogens is 3. The molecule has 1 aliphatic heterocycles. The van der Waals surface area contributed by atoms with Crippen LogP contribution >= 0.6 is 0 Å². The molecule has 0 radical (unpaired) electrons. The van der Waals surface area contributed by atoms with E-state index in [2.05, 4.69) is 9.88 Å². The van der Waals surface area contributed by atoms with E-state index in [1.165, 1.54) is 18.3 Å². The maximum absolute atomic E-state index is 12.5. The lowest BCUT2D eigenvalue weighted by Crippen LogP contribution is -2.35. The second-order valence-corrected chi connectivity index (χ2v) is 6.51. The molecule has 0 aliphatic carbocycles. The molecule has 7 heteroatoms. The van der Waals surface area contributed by atoms with Gasteiger partial charge in [0.25, 0.3) is 0 Å². The first-order valence-corrected chi connectivity index (χ1v) is 8.55. The van der Waals surface area contributed by atoms with Gasteiger partial charge in [-0.15, -0.1) is 0 Å². The molecule has 1 fully saturated rings. The maximum atomic E-state index is 12.5. The van der Waals surface area contributed by atoms with Crippen LogP contribution in [0, 0.1) is 5.92 Å². The third-order valence-corrected chi connectivity index (χ3v) is 4.57. The highest BCUT2D eigenvalue weighted by molar-refractivity contribution is 5.40. The summed E-state index contributed by atoms with van der Waals surface area (Å²) in [5.41, 5.74) is 0.0974. The maximum Gasteiger partial charge on any atom is 0.416 e. The molecule has 0 spiro atoms. The molecule has 0 bridgehead atoms. The molecule has 1 aromatic heterocycles. The van der Waals surface area contributed by atoms with Gasteiger partial charge in [-0.3, -0.25) is 0 Å². The molecule has 26 heavy (non-hydrogen) atoms. The fourth-order valence-corrected chi connectivity index (χ4v) is 3.03. The summed E-state index contributed by atoms with van der Waals surface area (Å²) in [7, 11) is 0. The largest absolute Gasteiger partial charge is 0.506 e. The number of nitrogens with zero attached hydrogens (tertiary/aromatic N) is 2. The average Bonchev–Trinajstić information content (AvgIpc) is 2.63. The van der Waals surface area contributed by atoms with Crippen molar-refractivity contribution < 1.29 is 23.0 Å². The zero-order chi connectivity index (χ0) is 18.6. The van der Waals surface area contributed by atoms with Crippen molar-refractivity contribution in [1.82, 2.24) is 4.98 Å². The number of piperidine rings is 1. The van der Waals surface area contributed by atoms with Crippen LogP contribution in [-0.2, 0) is 17.5 Å². The lowest BCUT2D eigenvalue weighted by molar-refractivity contribution is -0.137. The van der Waals surface area contributed by atoms with Gasteiger partial charge >= 0.3 is 6.18 Å². The minimum Gasteiger partial charge on any atom is -0.506 e. The van der Waals surface area contributed by atoms with Gasteiger partial charge in [0.15, 0.2) is 0 Å². The fraction of sp³-hybridized carbons (Fsp3) is 0.421. The number of anilines is 1. The Morgan fingerprint density at radius 1 is 1.08 bits per heavy atom. The summed E-state index contributed by atoms with van der Waals surface area (Å²) >= 11 is 0. The van der Waals surface area contributed by atoms with Crippen LogP contribution in [0.15, 0.2) is 42.6 Å². The van der Waals surface area contributed by atoms with Crippen LogP contribution in [-0.4, -0.2) is 29.8 Å². The van der Waals surface area contributed by atoms with Crippen LogP contribution in [0.4, 0.5) is 19.0 Å². The predicted octanol–water partition coefficient (Wildman–Crippen LogP) is 4.24. The predicted molar refractivity (Wildman–Crippen MR) is 91.9 cm³/mol. The van der Waals surface area contributed by atoms with E-state index in [1.807, 2.05) is 0 Å². The van der Waals surface area contributed by atoms with Crippen LogP contribution in [0.2, 0.25) is 0 Å². The molecule has 0 saturated carbocycles. The van der Waals surface area contributed by atoms with Crippen LogP contribution in [0.3, 0.4) is 0 Å². The number of aromatic nitrogens is 1. The molecule has 1 N–H and O–H groups in total. The van der Waals surface area contributed by atoms with E-state index >= 15 is 0 Å². The summed E-state index contributed by atoms with van der Waals surface area (Å²) in [4.78, 5) is 6.39. The molecular formula is C19H21F3N2O2. The molecule has 0 unspecified atom stereocenters. The van der Waals surface area contributed by atoms with Crippen molar-refractivity contribution in [3.05, 3.63) is 53.7 Å². The number of rotatable bonds is 5. The van der Waals surface area contributed by atoms with Crippen molar-refractivity contribution in [2.75, 3.05) is 24.6 Å². The average molecular weight is 366 g/mol. The smallest absolute Gasteiger partial charge is 0.416 e. The first-order valence-electron chi connectivity index (χ1n) is 8.55. The highest BCUT2D eigenvalue weighted by Gasteiger charge is 2.29. The van der Waals surface area contributed by atoms with Gasteiger partial charge in [0.2, 0.25) is 0 Å².